The third-order valence-corrected chi connectivity index (χ3v) is 7.57. The molecule has 0 saturated heterocycles. The second kappa shape index (κ2) is 11.7. The summed E-state index contributed by atoms with van der Waals surface area (Å²) in [7, 11) is 0. The second-order valence-electron chi connectivity index (χ2n) is 10.4. The summed E-state index contributed by atoms with van der Waals surface area (Å²) in [6.45, 7) is 2.63. The van der Waals surface area contributed by atoms with Crippen LogP contribution in [0.2, 0.25) is 0 Å². The molecule has 0 bridgehead atoms. The number of benzene rings is 4. The van der Waals surface area contributed by atoms with Crippen LogP contribution in [0.3, 0.4) is 0 Å². The molecule has 7 nitrogen and oxygen atoms in total. The number of carboxylic acid groups (broad SMARTS) is 1. The van der Waals surface area contributed by atoms with Gasteiger partial charge in [0.1, 0.15) is 23.6 Å². The number of oxazole rings is 1. The molecule has 7 heteroatoms. The maximum atomic E-state index is 11.5. The van der Waals surface area contributed by atoms with E-state index >= 15 is 0 Å². The van der Waals surface area contributed by atoms with Crippen LogP contribution < -0.4 is 9.47 Å². The summed E-state index contributed by atoms with van der Waals surface area (Å²) in [6, 6.07) is 35.2. The molecule has 6 rings (SSSR count). The summed E-state index contributed by atoms with van der Waals surface area (Å²) in [6.07, 6.45) is 0.477. The molecule has 0 aliphatic heterocycles. The van der Waals surface area contributed by atoms with E-state index < -0.39 is 11.4 Å². The van der Waals surface area contributed by atoms with Crippen molar-refractivity contribution in [3.8, 4) is 11.5 Å². The van der Waals surface area contributed by atoms with Crippen molar-refractivity contribution < 1.29 is 23.8 Å². The summed E-state index contributed by atoms with van der Waals surface area (Å²) < 4.78 is 17.7. The minimum absolute atomic E-state index is 0.0400. The molecule has 1 unspecified atom stereocenters. The van der Waals surface area contributed by atoms with Gasteiger partial charge in [-0.05, 0) is 66.1 Å². The fourth-order valence-electron chi connectivity index (χ4n) is 5.12. The largest absolute Gasteiger partial charge is 0.487 e. The standard InChI is InChI=1S/C35H30N2O5/c1-35(21-20-34(38)39,26-13-18-29(19-14-26)41-23-33-37-31-8-4-5-9-32(31)42-33)25-11-16-28(17-12-25)40-22-27-15-10-24-6-2-3-7-30(24)36-27/h2-19H,20-23H2,1H3,(H,38,39). The van der Waals surface area contributed by atoms with E-state index in [4.69, 9.17) is 13.9 Å². The predicted octanol–water partition coefficient (Wildman–Crippen LogP) is 7.70. The molecule has 0 radical (unpaired) electrons. The van der Waals surface area contributed by atoms with E-state index in [0.717, 1.165) is 44.6 Å². The number of rotatable bonds is 11. The number of aromatic nitrogens is 2. The van der Waals surface area contributed by atoms with E-state index in [0.29, 0.717) is 24.7 Å². The molecular formula is C35H30N2O5. The lowest BCUT2D eigenvalue weighted by Crippen LogP contribution is -2.25. The van der Waals surface area contributed by atoms with Crippen molar-refractivity contribution in [2.45, 2.75) is 38.4 Å². The van der Waals surface area contributed by atoms with Crippen LogP contribution in [0.25, 0.3) is 22.0 Å². The summed E-state index contributed by atoms with van der Waals surface area (Å²) >= 11 is 0. The van der Waals surface area contributed by atoms with Crippen molar-refractivity contribution in [2.75, 3.05) is 0 Å². The summed E-state index contributed by atoms with van der Waals surface area (Å²) in [5.41, 5.74) is 4.76. The van der Waals surface area contributed by atoms with Crippen molar-refractivity contribution in [2.24, 2.45) is 0 Å². The number of hydrogen-bond acceptors (Lipinski definition) is 6. The molecule has 1 N–H and O–H groups in total. The lowest BCUT2D eigenvalue weighted by atomic mass is 9.73. The van der Waals surface area contributed by atoms with Gasteiger partial charge in [-0.25, -0.2) is 9.97 Å². The van der Waals surface area contributed by atoms with Gasteiger partial charge in [0.05, 0.1) is 11.2 Å². The first kappa shape index (κ1) is 27.0. The zero-order valence-electron chi connectivity index (χ0n) is 23.2. The average molecular weight is 559 g/mol. The quantitative estimate of drug-likeness (QED) is 0.174. The number of pyridine rings is 1. The SMILES string of the molecule is CC(CCC(=O)O)(c1ccc(OCc2ccc3ccccc3n2)cc1)c1ccc(OCc2nc3ccccc3o2)cc1. The number of para-hydroxylation sites is 3. The zero-order chi connectivity index (χ0) is 28.9. The fourth-order valence-corrected chi connectivity index (χ4v) is 5.12. The van der Waals surface area contributed by atoms with E-state index in [2.05, 4.69) is 16.9 Å². The Morgan fingerprint density at radius 2 is 1.36 bits per heavy atom. The Labute approximate surface area is 243 Å². The van der Waals surface area contributed by atoms with Gasteiger partial charge in [-0.2, -0.15) is 0 Å². The van der Waals surface area contributed by atoms with Gasteiger partial charge in [0.2, 0.25) is 5.89 Å². The minimum atomic E-state index is -0.831. The molecule has 42 heavy (non-hydrogen) atoms. The molecule has 0 spiro atoms. The maximum Gasteiger partial charge on any atom is 0.303 e. The van der Waals surface area contributed by atoms with E-state index in [1.165, 1.54) is 0 Å². The summed E-state index contributed by atoms with van der Waals surface area (Å²) in [5, 5.41) is 10.6. The predicted molar refractivity (Wildman–Crippen MR) is 161 cm³/mol. The maximum absolute atomic E-state index is 11.5. The van der Waals surface area contributed by atoms with Gasteiger partial charge in [-0.3, -0.25) is 4.79 Å². The van der Waals surface area contributed by atoms with E-state index in [-0.39, 0.29) is 13.0 Å². The first-order valence-corrected chi connectivity index (χ1v) is 13.8. The fraction of sp³-hybridized carbons (Fsp3) is 0.171. The van der Waals surface area contributed by atoms with E-state index in [1.807, 2.05) is 109 Å². The number of fused-ring (bicyclic) bond motifs is 2. The third-order valence-electron chi connectivity index (χ3n) is 7.57. The topological polar surface area (TPSA) is 94.7 Å². The number of carbonyl (C=O) groups is 1. The van der Waals surface area contributed by atoms with Crippen molar-refractivity contribution in [3.05, 3.63) is 132 Å². The monoisotopic (exact) mass is 558 g/mol. The van der Waals surface area contributed by atoms with Crippen LogP contribution in [0, 0.1) is 0 Å². The molecule has 6 aromatic rings. The molecule has 0 aliphatic carbocycles. The van der Waals surface area contributed by atoms with Crippen molar-refractivity contribution >= 4 is 28.0 Å². The van der Waals surface area contributed by atoms with Crippen LogP contribution in [0.1, 0.15) is 42.5 Å². The first-order valence-electron chi connectivity index (χ1n) is 13.8. The summed E-state index contributed by atoms with van der Waals surface area (Å²) in [4.78, 5) is 20.7. The Morgan fingerprint density at radius 3 is 2.02 bits per heavy atom. The Bertz CT molecular complexity index is 1800. The Balaban J connectivity index is 1.15. The molecule has 2 heterocycles. The Hall–Kier alpha value is -5.17. The second-order valence-corrected chi connectivity index (χ2v) is 10.4. The van der Waals surface area contributed by atoms with Crippen LogP contribution in [0.15, 0.2) is 114 Å². The number of aliphatic carboxylic acids is 1. The third kappa shape index (κ3) is 5.95. The van der Waals surface area contributed by atoms with Gasteiger partial charge in [0, 0.05) is 17.2 Å². The molecule has 4 aromatic carbocycles. The first-order chi connectivity index (χ1) is 20.5. The highest BCUT2D eigenvalue weighted by Gasteiger charge is 2.30. The zero-order valence-corrected chi connectivity index (χ0v) is 23.2. The average Bonchev–Trinajstić information content (AvgIpc) is 3.45. The van der Waals surface area contributed by atoms with Crippen LogP contribution >= 0.6 is 0 Å². The molecule has 0 saturated carbocycles. The smallest absolute Gasteiger partial charge is 0.303 e. The number of hydrogen-bond donors (Lipinski definition) is 1. The van der Waals surface area contributed by atoms with Crippen molar-refractivity contribution in [3.63, 3.8) is 0 Å². The Morgan fingerprint density at radius 1 is 0.738 bits per heavy atom. The van der Waals surface area contributed by atoms with Crippen LogP contribution in [0.5, 0.6) is 11.5 Å². The van der Waals surface area contributed by atoms with Crippen LogP contribution in [-0.2, 0) is 23.4 Å². The van der Waals surface area contributed by atoms with Crippen molar-refractivity contribution in [1.29, 1.82) is 0 Å². The normalized spacial score (nSPS) is 12.7. The van der Waals surface area contributed by atoms with E-state index in [9.17, 15) is 9.90 Å². The number of nitrogens with zero attached hydrogens (tertiary/aromatic N) is 2. The molecule has 0 aliphatic rings. The molecule has 2 aromatic heterocycles. The van der Waals surface area contributed by atoms with Gasteiger partial charge in [0.25, 0.3) is 0 Å². The minimum Gasteiger partial charge on any atom is -0.487 e. The summed E-state index contributed by atoms with van der Waals surface area (Å²) in [5.74, 6) is 1.07. The molecule has 1 atom stereocenters. The lowest BCUT2D eigenvalue weighted by Gasteiger charge is -2.31. The molecular weight excluding hydrogens is 528 g/mol. The van der Waals surface area contributed by atoms with Crippen LogP contribution in [0.4, 0.5) is 0 Å². The van der Waals surface area contributed by atoms with Gasteiger partial charge in [-0.1, -0.05) is 67.6 Å². The molecule has 0 amide bonds. The highest BCUT2D eigenvalue weighted by Crippen LogP contribution is 2.38. The van der Waals surface area contributed by atoms with Gasteiger partial charge < -0.3 is 19.0 Å². The van der Waals surface area contributed by atoms with Gasteiger partial charge in [0.15, 0.2) is 12.2 Å². The van der Waals surface area contributed by atoms with Crippen molar-refractivity contribution in [1.82, 2.24) is 9.97 Å². The van der Waals surface area contributed by atoms with Gasteiger partial charge in [-0.15, -0.1) is 0 Å². The Kier molecular flexibility index (Phi) is 7.56. The molecule has 0 fully saturated rings. The number of ether oxygens (including phenoxy) is 2. The lowest BCUT2D eigenvalue weighted by molar-refractivity contribution is -0.137. The van der Waals surface area contributed by atoms with E-state index in [1.54, 1.807) is 0 Å². The highest BCUT2D eigenvalue weighted by atomic mass is 16.5. The van der Waals surface area contributed by atoms with Gasteiger partial charge >= 0.3 is 5.97 Å². The highest BCUT2D eigenvalue weighted by molar-refractivity contribution is 5.78. The van der Waals surface area contributed by atoms with Crippen LogP contribution in [-0.4, -0.2) is 21.0 Å². The molecule has 210 valence electrons. The number of carboxylic acids is 1.